The van der Waals surface area contributed by atoms with E-state index in [-0.39, 0.29) is 11.8 Å². The summed E-state index contributed by atoms with van der Waals surface area (Å²) in [6, 6.07) is 2.98. The van der Waals surface area contributed by atoms with Crippen LogP contribution in [-0.2, 0) is 9.59 Å². The van der Waals surface area contributed by atoms with Crippen LogP contribution in [0.25, 0.3) is 0 Å². The van der Waals surface area contributed by atoms with Crippen LogP contribution in [0.15, 0.2) is 22.8 Å². The van der Waals surface area contributed by atoms with Crippen LogP contribution < -0.4 is 0 Å². The second-order valence-corrected chi connectivity index (χ2v) is 5.38. The third-order valence-electron chi connectivity index (χ3n) is 3.42. The van der Waals surface area contributed by atoms with Gasteiger partial charge in [-0.2, -0.15) is 0 Å². The predicted octanol–water partition coefficient (Wildman–Crippen LogP) is 2.30. The van der Waals surface area contributed by atoms with Gasteiger partial charge in [-0.3, -0.25) is 9.59 Å². The first kappa shape index (κ1) is 13.6. The maximum Gasteiger partial charge on any atom is 0.309 e. The molecule has 1 aromatic heterocycles. The van der Waals surface area contributed by atoms with Gasteiger partial charge in [0.05, 0.1) is 12.2 Å². The quantitative estimate of drug-likeness (QED) is 0.906. The normalized spacial score (nSPS) is 23.9. The molecule has 2 unspecified atom stereocenters. The third kappa shape index (κ3) is 2.80. The van der Waals surface area contributed by atoms with E-state index in [2.05, 4.69) is 0 Å². The molecule has 0 radical (unpaired) electrons. The highest BCUT2D eigenvalue weighted by Crippen LogP contribution is 2.37. The average Bonchev–Trinajstić information content (AvgIpc) is 2.84. The van der Waals surface area contributed by atoms with E-state index in [0.717, 1.165) is 0 Å². The molecule has 1 saturated heterocycles. The van der Waals surface area contributed by atoms with E-state index in [9.17, 15) is 14.7 Å². The molecule has 2 rings (SSSR count). The number of carboxylic acids is 1. The van der Waals surface area contributed by atoms with E-state index in [1.165, 1.54) is 6.26 Å². The van der Waals surface area contributed by atoms with Gasteiger partial charge in [0.1, 0.15) is 11.8 Å². The highest BCUT2D eigenvalue weighted by Gasteiger charge is 2.42. The van der Waals surface area contributed by atoms with Gasteiger partial charge < -0.3 is 14.4 Å². The Morgan fingerprint density at radius 1 is 1.58 bits per heavy atom. The smallest absolute Gasteiger partial charge is 0.309 e. The minimum Gasteiger partial charge on any atom is -0.481 e. The van der Waals surface area contributed by atoms with Crippen LogP contribution in [0, 0.1) is 11.8 Å². The number of hydrogen-bond acceptors (Lipinski definition) is 3. The van der Waals surface area contributed by atoms with Crippen molar-refractivity contribution in [1.29, 1.82) is 0 Å². The Balaban J connectivity index is 2.35. The lowest BCUT2D eigenvalue weighted by atomic mass is 9.86. The topological polar surface area (TPSA) is 70.8 Å². The molecular weight excluding hydrogens is 246 g/mol. The predicted molar refractivity (Wildman–Crippen MR) is 68.4 cm³/mol. The van der Waals surface area contributed by atoms with Crippen molar-refractivity contribution >= 4 is 11.9 Å². The van der Waals surface area contributed by atoms with Crippen LogP contribution in [0.1, 0.15) is 38.5 Å². The van der Waals surface area contributed by atoms with Gasteiger partial charge in [0.15, 0.2) is 0 Å². The van der Waals surface area contributed by atoms with Crippen LogP contribution in [0.2, 0.25) is 0 Å². The summed E-state index contributed by atoms with van der Waals surface area (Å²) in [7, 11) is 0. The summed E-state index contributed by atoms with van der Waals surface area (Å²) in [5.74, 6) is -0.618. The van der Waals surface area contributed by atoms with Crippen molar-refractivity contribution in [3.05, 3.63) is 24.2 Å². The lowest BCUT2D eigenvalue weighted by Gasteiger charge is -2.39. The molecule has 0 saturated carbocycles. The Bertz CT molecular complexity index is 452. The lowest BCUT2D eigenvalue weighted by molar-refractivity contribution is -0.153. The van der Waals surface area contributed by atoms with E-state index >= 15 is 0 Å². The second-order valence-electron chi connectivity index (χ2n) is 5.38. The first-order valence-electron chi connectivity index (χ1n) is 6.56. The standard InChI is InChI=1S/C14H19NO4/c1-9(2)8-15-12(16)6-5-10(14(17)18)13(15)11-4-3-7-19-11/h3-4,7,9-10,13H,5-6,8H2,1-2H3,(H,17,18). The summed E-state index contributed by atoms with van der Waals surface area (Å²) < 4.78 is 5.36. The van der Waals surface area contributed by atoms with Crippen LogP contribution >= 0.6 is 0 Å². The minimum absolute atomic E-state index is 0.00704. The Kier molecular flexibility index (Phi) is 3.93. The Hall–Kier alpha value is -1.78. The molecule has 19 heavy (non-hydrogen) atoms. The molecule has 104 valence electrons. The van der Waals surface area contributed by atoms with Crippen molar-refractivity contribution in [3.8, 4) is 0 Å². The molecule has 5 heteroatoms. The molecule has 0 spiro atoms. The van der Waals surface area contributed by atoms with Crippen LogP contribution in [0.5, 0.6) is 0 Å². The van der Waals surface area contributed by atoms with Crippen molar-refractivity contribution in [2.24, 2.45) is 11.8 Å². The van der Waals surface area contributed by atoms with E-state index in [1.54, 1.807) is 17.0 Å². The van der Waals surface area contributed by atoms with Crippen molar-refractivity contribution < 1.29 is 19.1 Å². The van der Waals surface area contributed by atoms with Crippen molar-refractivity contribution in [1.82, 2.24) is 4.90 Å². The van der Waals surface area contributed by atoms with Crippen LogP contribution in [0.4, 0.5) is 0 Å². The number of amides is 1. The van der Waals surface area contributed by atoms with Gasteiger partial charge >= 0.3 is 5.97 Å². The fraction of sp³-hybridized carbons (Fsp3) is 0.571. The number of carbonyl (C=O) groups excluding carboxylic acids is 1. The zero-order valence-electron chi connectivity index (χ0n) is 11.2. The largest absolute Gasteiger partial charge is 0.481 e. The van der Waals surface area contributed by atoms with E-state index in [0.29, 0.717) is 25.1 Å². The number of piperidine rings is 1. The monoisotopic (exact) mass is 265 g/mol. The molecule has 2 heterocycles. The number of rotatable bonds is 4. The summed E-state index contributed by atoms with van der Waals surface area (Å²) in [4.78, 5) is 25.2. The first-order chi connectivity index (χ1) is 9.00. The van der Waals surface area contributed by atoms with E-state index in [4.69, 9.17) is 4.42 Å². The Labute approximate surface area is 112 Å². The first-order valence-corrected chi connectivity index (χ1v) is 6.56. The highest BCUT2D eigenvalue weighted by molar-refractivity contribution is 5.81. The molecule has 1 N–H and O–H groups in total. The summed E-state index contributed by atoms with van der Waals surface area (Å²) in [6.07, 6.45) is 2.18. The van der Waals surface area contributed by atoms with Gasteiger partial charge in [-0.15, -0.1) is 0 Å². The number of nitrogens with zero attached hydrogens (tertiary/aromatic N) is 1. The van der Waals surface area contributed by atoms with Gasteiger partial charge in [-0.25, -0.2) is 0 Å². The summed E-state index contributed by atoms with van der Waals surface area (Å²) in [6.45, 7) is 4.57. The number of hydrogen-bond donors (Lipinski definition) is 1. The van der Waals surface area contributed by atoms with Gasteiger partial charge in [-0.1, -0.05) is 13.8 Å². The molecule has 0 bridgehead atoms. The fourth-order valence-corrected chi connectivity index (χ4v) is 2.63. The summed E-state index contributed by atoms with van der Waals surface area (Å²) >= 11 is 0. The molecule has 2 atom stereocenters. The molecule has 1 aromatic rings. The number of carboxylic acid groups (broad SMARTS) is 1. The van der Waals surface area contributed by atoms with Crippen LogP contribution in [0.3, 0.4) is 0 Å². The van der Waals surface area contributed by atoms with Gasteiger partial charge in [0.25, 0.3) is 0 Å². The molecule has 0 aliphatic carbocycles. The fourth-order valence-electron chi connectivity index (χ4n) is 2.63. The highest BCUT2D eigenvalue weighted by atomic mass is 16.4. The molecule has 1 amide bonds. The molecule has 0 aromatic carbocycles. The Morgan fingerprint density at radius 2 is 2.32 bits per heavy atom. The zero-order chi connectivity index (χ0) is 14.0. The van der Waals surface area contributed by atoms with Crippen molar-refractivity contribution in [3.63, 3.8) is 0 Å². The SMILES string of the molecule is CC(C)CN1C(=O)CCC(C(=O)O)C1c1ccco1. The van der Waals surface area contributed by atoms with E-state index < -0.39 is 17.9 Å². The van der Waals surface area contributed by atoms with Gasteiger partial charge in [0.2, 0.25) is 5.91 Å². The molecular formula is C14H19NO4. The maximum absolute atomic E-state index is 12.1. The number of aliphatic carboxylic acids is 1. The van der Waals surface area contributed by atoms with Gasteiger partial charge in [-0.05, 0) is 24.5 Å². The number of likely N-dealkylation sites (tertiary alicyclic amines) is 1. The molecule has 5 nitrogen and oxygen atoms in total. The summed E-state index contributed by atoms with van der Waals surface area (Å²) in [5.41, 5.74) is 0. The molecule has 1 aliphatic rings. The maximum atomic E-state index is 12.1. The average molecular weight is 265 g/mol. The van der Waals surface area contributed by atoms with Crippen molar-refractivity contribution in [2.45, 2.75) is 32.7 Å². The third-order valence-corrected chi connectivity index (χ3v) is 3.42. The molecule has 1 aliphatic heterocycles. The lowest BCUT2D eigenvalue weighted by Crippen LogP contribution is -2.46. The second kappa shape index (κ2) is 5.47. The number of furan rings is 1. The zero-order valence-corrected chi connectivity index (χ0v) is 11.2. The van der Waals surface area contributed by atoms with Gasteiger partial charge in [0, 0.05) is 13.0 Å². The minimum atomic E-state index is -0.873. The van der Waals surface area contributed by atoms with Crippen molar-refractivity contribution in [2.75, 3.05) is 6.54 Å². The van der Waals surface area contributed by atoms with E-state index in [1.807, 2.05) is 13.8 Å². The van der Waals surface area contributed by atoms with Crippen LogP contribution in [-0.4, -0.2) is 28.4 Å². The molecule has 1 fully saturated rings. The Morgan fingerprint density at radius 3 is 2.84 bits per heavy atom. The number of carbonyl (C=O) groups is 2. The summed E-state index contributed by atoms with van der Waals surface area (Å²) in [5, 5.41) is 9.37.